The summed E-state index contributed by atoms with van der Waals surface area (Å²) in [4.78, 5) is 21.4. The SMILES string of the molecule is CC1(C)OC(=O)C=CC(=O)O1. The minimum Gasteiger partial charge on any atom is -0.420 e. The van der Waals surface area contributed by atoms with Gasteiger partial charge in [-0.3, -0.25) is 0 Å². The summed E-state index contributed by atoms with van der Waals surface area (Å²) in [6, 6.07) is 0. The zero-order valence-corrected chi connectivity index (χ0v) is 6.29. The van der Waals surface area contributed by atoms with Crippen LogP contribution in [-0.4, -0.2) is 17.7 Å². The van der Waals surface area contributed by atoms with Crippen LogP contribution in [0.1, 0.15) is 13.8 Å². The predicted octanol–water partition coefficient (Wildman–Crippen LogP) is 0.379. The summed E-state index contributed by atoms with van der Waals surface area (Å²) >= 11 is 0. The Morgan fingerprint density at radius 1 is 1.09 bits per heavy atom. The van der Waals surface area contributed by atoms with Crippen molar-refractivity contribution in [3.05, 3.63) is 12.2 Å². The first-order chi connectivity index (χ1) is 4.99. The average Bonchev–Trinajstić information content (AvgIpc) is 1.89. The highest BCUT2D eigenvalue weighted by molar-refractivity contribution is 5.93. The van der Waals surface area contributed by atoms with Gasteiger partial charge in [0.05, 0.1) is 0 Å². The van der Waals surface area contributed by atoms with Gasteiger partial charge in [-0.05, 0) is 0 Å². The average molecular weight is 156 g/mol. The lowest BCUT2D eigenvalue weighted by atomic mass is 10.4. The Balaban J connectivity index is 2.82. The van der Waals surface area contributed by atoms with Gasteiger partial charge in [0.2, 0.25) is 0 Å². The second-order valence-corrected chi connectivity index (χ2v) is 2.58. The van der Waals surface area contributed by atoms with Crippen molar-refractivity contribution in [2.24, 2.45) is 0 Å². The molecule has 0 unspecified atom stereocenters. The maximum Gasteiger partial charge on any atom is 0.334 e. The van der Waals surface area contributed by atoms with E-state index in [0.717, 1.165) is 12.2 Å². The third-order valence-corrected chi connectivity index (χ3v) is 1.05. The maximum atomic E-state index is 10.7. The van der Waals surface area contributed by atoms with Crippen molar-refractivity contribution in [2.45, 2.75) is 19.6 Å². The largest absolute Gasteiger partial charge is 0.420 e. The zero-order valence-electron chi connectivity index (χ0n) is 6.29. The van der Waals surface area contributed by atoms with Crippen molar-refractivity contribution in [1.29, 1.82) is 0 Å². The van der Waals surface area contributed by atoms with Crippen molar-refractivity contribution in [1.82, 2.24) is 0 Å². The van der Waals surface area contributed by atoms with E-state index < -0.39 is 17.7 Å². The minimum absolute atomic E-state index is 0.569. The highest BCUT2D eigenvalue weighted by Crippen LogP contribution is 2.14. The number of hydrogen-bond donors (Lipinski definition) is 0. The standard InChI is InChI=1S/C7H8O4/c1-7(2)10-5(8)3-4-6(9)11-7/h3-4H,1-2H3. The fourth-order valence-electron chi connectivity index (χ4n) is 0.709. The molecule has 0 spiro atoms. The van der Waals surface area contributed by atoms with Gasteiger partial charge in [0.1, 0.15) is 0 Å². The van der Waals surface area contributed by atoms with Gasteiger partial charge in [0.25, 0.3) is 5.79 Å². The normalized spacial score (nSPS) is 22.0. The molecule has 1 heterocycles. The van der Waals surface area contributed by atoms with Crippen LogP contribution in [0.2, 0.25) is 0 Å². The van der Waals surface area contributed by atoms with E-state index in [1.165, 1.54) is 13.8 Å². The third-order valence-electron chi connectivity index (χ3n) is 1.05. The van der Waals surface area contributed by atoms with Crippen molar-refractivity contribution >= 4 is 11.9 Å². The lowest BCUT2D eigenvalue weighted by Gasteiger charge is -2.21. The van der Waals surface area contributed by atoms with Crippen LogP contribution < -0.4 is 0 Å². The molecule has 1 aliphatic heterocycles. The molecule has 4 nitrogen and oxygen atoms in total. The fourth-order valence-corrected chi connectivity index (χ4v) is 0.709. The first kappa shape index (κ1) is 7.78. The van der Waals surface area contributed by atoms with Crippen molar-refractivity contribution in [3.8, 4) is 0 Å². The van der Waals surface area contributed by atoms with Gasteiger partial charge in [-0.25, -0.2) is 9.59 Å². The molecule has 60 valence electrons. The minimum atomic E-state index is -1.16. The van der Waals surface area contributed by atoms with Crippen LogP contribution in [0.15, 0.2) is 12.2 Å². The first-order valence-corrected chi connectivity index (χ1v) is 3.14. The number of carbonyl (C=O) groups is 2. The van der Waals surface area contributed by atoms with Gasteiger partial charge in [0.15, 0.2) is 0 Å². The van der Waals surface area contributed by atoms with Crippen LogP contribution in [0.3, 0.4) is 0 Å². The smallest absolute Gasteiger partial charge is 0.334 e. The van der Waals surface area contributed by atoms with E-state index in [4.69, 9.17) is 9.47 Å². The number of carbonyl (C=O) groups excluding carboxylic acids is 2. The Bertz CT molecular complexity index is 205. The molecule has 4 heteroatoms. The van der Waals surface area contributed by atoms with Crippen LogP contribution in [0.5, 0.6) is 0 Å². The second kappa shape index (κ2) is 2.38. The predicted molar refractivity (Wildman–Crippen MR) is 35.4 cm³/mol. The summed E-state index contributed by atoms with van der Waals surface area (Å²) in [5, 5.41) is 0. The maximum absolute atomic E-state index is 10.7. The topological polar surface area (TPSA) is 52.6 Å². The zero-order chi connectivity index (χ0) is 8.48. The summed E-state index contributed by atoms with van der Waals surface area (Å²) in [6.45, 7) is 2.99. The number of rotatable bonds is 0. The van der Waals surface area contributed by atoms with E-state index in [2.05, 4.69) is 0 Å². The number of hydrogen-bond acceptors (Lipinski definition) is 4. The Morgan fingerprint density at radius 3 is 1.82 bits per heavy atom. The van der Waals surface area contributed by atoms with E-state index in [9.17, 15) is 9.59 Å². The van der Waals surface area contributed by atoms with E-state index in [1.54, 1.807) is 0 Å². The molecule has 0 saturated carbocycles. The summed E-state index contributed by atoms with van der Waals surface area (Å²) < 4.78 is 9.40. The highest BCUT2D eigenvalue weighted by atomic mass is 16.7. The molecule has 0 amide bonds. The Labute approximate surface area is 63.8 Å². The van der Waals surface area contributed by atoms with Crippen LogP contribution >= 0.6 is 0 Å². The van der Waals surface area contributed by atoms with E-state index in [0.29, 0.717) is 0 Å². The summed E-state index contributed by atoms with van der Waals surface area (Å²) in [6.07, 6.45) is 2.08. The van der Waals surface area contributed by atoms with Gasteiger partial charge in [0, 0.05) is 26.0 Å². The van der Waals surface area contributed by atoms with E-state index >= 15 is 0 Å². The Morgan fingerprint density at radius 2 is 1.45 bits per heavy atom. The molecule has 0 aromatic carbocycles. The van der Waals surface area contributed by atoms with E-state index in [-0.39, 0.29) is 0 Å². The molecule has 1 aliphatic rings. The number of cyclic esters (lactones) is 2. The summed E-state index contributed by atoms with van der Waals surface area (Å²) in [5.74, 6) is -2.29. The fraction of sp³-hybridized carbons (Fsp3) is 0.429. The molecule has 0 radical (unpaired) electrons. The van der Waals surface area contributed by atoms with Crippen LogP contribution in [0.4, 0.5) is 0 Å². The molecule has 0 bridgehead atoms. The van der Waals surface area contributed by atoms with Gasteiger partial charge in [-0.15, -0.1) is 0 Å². The molecule has 0 atom stereocenters. The lowest BCUT2D eigenvalue weighted by molar-refractivity contribution is -0.206. The monoisotopic (exact) mass is 156 g/mol. The van der Waals surface area contributed by atoms with Crippen molar-refractivity contribution in [3.63, 3.8) is 0 Å². The van der Waals surface area contributed by atoms with Crippen molar-refractivity contribution in [2.75, 3.05) is 0 Å². The van der Waals surface area contributed by atoms with Crippen LogP contribution in [0.25, 0.3) is 0 Å². The molecule has 0 saturated heterocycles. The molecular formula is C7H8O4. The van der Waals surface area contributed by atoms with Crippen LogP contribution in [-0.2, 0) is 19.1 Å². The molecule has 0 aromatic heterocycles. The Kier molecular flexibility index (Phi) is 1.68. The Hall–Kier alpha value is -1.32. The molecule has 0 N–H and O–H groups in total. The van der Waals surface area contributed by atoms with Gasteiger partial charge < -0.3 is 9.47 Å². The van der Waals surface area contributed by atoms with Crippen molar-refractivity contribution < 1.29 is 19.1 Å². The molecule has 0 fully saturated rings. The van der Waals surface area contributed by atoms with Gasteiger partial charge >= 0.3 is 11.9 Å². The van der Waals surface area contributed by atoms with E-state index in [1.807, 2.05) is 0 Å². The molecule has 0 aliphatic carbocycles. The number of esters is 2. The summed E-state index contributed by atoms with van der Waals surface area (Å²) in [7, 11) is 0. The third kappa shape index (κ3) is 2.07. The lowest BCUT2D eigenvalue weighted by Crippen LogP contribution is -2.30. The van der Waals surface area contributed by atoms with Crippen LogP contribution in [0, 0.1) is 0 Å². The van der Waals surface area contributed by atoms with Gasteiger partial charge in [-0.2, -0.15) is 0 Å². The quantitative estimate of drug-likeness (QED) is 0.476. The van der Waals surface area contributed by atoms with Gasteiger partial charge in [-0.1, -0.05) is 0 Å². The molecule has 1 rings (SSSR count). The molecule has 0 aromatic rings. The highest BCUT2D eigenvalue weighted by Gasteiger charge is 2.28. The summed E-state index contributed by atoms with van der Waals surface area (Å²) in [5.41, 5.74) is 0. The second-order valence-electron chi connectivity index (χ2n) is 2.58. The number of ether oxygens (including phenoxy) is 2. The first-order valence-electron chi connectivity index (χ1n) is 3.14. The molecule has 11 heavy (non-hydrogen) atoms. The molecular weight excluding hydrogens is 148 g/mol.